The smallest absolute Gasteiger partial charge is 0.191 e. The van der Waals surface area contributed by atoms with Gasteiger partial charge < -0.3 is 20.3 Å². The monoisotopic (exact) mass is 435 g/mol. The van der Waals surface area contributed by atoms with Gasteiger partial charge in [-0.15, -0.1) is 24.0 Å². The summed E-state index contributed by atoms with van der Waals surface area (Å²) in [5, 5.41) is 6.44. The molecule has 0 fully saturated rings. The Bertz CT molecular complexity index is 435. The molecule has 1 heterocycles. The van der Waals surface area contributed by atoms with E-state index in [1.54, 1.807) is 7.11 Å². The Morgan fingerprint density at radius 3 is 2.48 bits per heavy atom. The van der Waals surface area contributed by atoms with E-state index in [9.17, 15) is 0 Å². The summed E-state index contributed by atoms with van der Waals surface area (Å²) in [6, 6.07) is 4.14. The molecule has 1 aromatic rings. The maximum atomic E-state index is 5.03. The van der Waals surface area contributed by atoms with E-state index in [2.05, 4.69) is 51.5 Å². The van der Waals surface area contributed by atoms with Gasteiger partial charge in [-0.25, -0.2) is 9.98 Å². The predicted molar refractivity (Wildman–Crippen MR) is 108 cm³/mol. The lowest BCUT2D eigenvalue weighted by atomic mass is 10.3. The van der Waals surface area contributed by atoms with Crippen LogP contribution in [0.4, 0.5) is 5.82 Å². The zero-order chi connectivity index (χ0) is 16.2. The second kappa shape index (κ2) is 13.4. The van der Waals surface area contributed by atoms with Gasteiger partial charge >= 0.3 is 0 Å². The van der Waals surface area contributed by atoms with E-state index in [1.165, 1.54) is 0 Å². The maximum absolute atomic E-state index is 5.03. The summed E-state index contributed by atoms with van der Waals surface area (Å²) in [6.45, 7) is 11.1. The van der Waals surface area contributed by atoms with Gasteiger partial charge in [0.05, 0.1) is 13.2 Å². The number of pyridine rings is 1. The standard InChI is InChI=1S/C16H29N5O.HI/c1-5-17-16(18-10-11-22-4)20-13-14-8-9-15(19-12-14)21(6-2)7-3;/h8-9,12H,5-7,10-11,13H2,1-4H3,(H2,17,18,20);1H. The molecule has 0 atom stereocenters. The highest BCUT2D eigenvalue weighted by Gasteiger charge is 2.03. The number of rotatable bonds is 9. The highest BCUT2D eigenvalue weighted by Crippen LogP contribution is 2.11. The van der Waals surface area contributed by atoms with Crippen LogP contribution in [0.5, 0.6) is 0 Å². The number of anilines is 1. The zero-order valence-electron chi connectivity index (χ0n) is 14.6. The van der Waals surface area contributed by atoms with E-state index >= 15 is 0 Å². The predicted octanol–water partition coefficient (Wildman–Crippen LogP) is 2.25. The molecule has 1 rings (SSSR count). The van der Waals surface area contributed by atoms with Gasteiger partial charge in [0, 0.05) is 39.5 Å². The number of aromatic nitrogens is 1. The van der Waals surface area contributed by atoms with Gasteiger partial charge in [0.25, 0.3) is 0 Å². The zero-order valence-corrected chi connectivity index (χ0v) is 17.0. The van der Waals surface area contributed by atoms with Crippen molar-refractivity contribution in [1.29, 1.82) is 0 Å². The Morgan fingerprint density at radius 2 is 1.96 bits per heavy atom. The first-order chi connectivity index (χ1) is 10.7. The molecule has 7 heteroatoms. The van der Waals surface area contributed by atoms with Crippen LogP contribution in [0.15, 0.2) is 23.3 Å². The molecule has 0 aliphatic rings. The van der Waals surface area contributed by atoms with Crippen molar-refractivity contribution >= 4 is 35.8 Å². The molecule has 23 heavy (non-hydrogen) atoms. The summed E-state index contributed by atoms with van der Waals surface area (Å²) in [4.78, 5) is 11.3. The number of nitrogens with zero attached hydrogens (tertiary/aromatic N) is 3. The van der Waals surface area contributed by atoms with E-state index < -0.39 is 0 Å². The summed E-state index contributed by atoms with van der Waals surface area (Å²) in [7, 11) is 1.69. The summed E-state index contributed by atoms with van der Waals surface area (Å²) in [5.41, 5.74) is 1.10. The van der Waals surface area contributed by atoms with Gasteiger partial charge in [0.15, 0.2) is 5.96 Å². The second-order valence-electron chi connectivity index (χ2n) is 4.81. The number of guanidine groups is 1. The summed E-state index contributed by atoms with van der Waals surface area (Å²) >= 11 is 0. The maximum Gasteiger partial charge on any atom is 0.191 e. The average Bonchev–Trinajstić information content (AvgIpc) is 2.55. The van der Waals surface area contributed by atoms with Crippen LogP contribution >= 0.6 is 24.0 Å². The van der Waals surface area contributed by atoms with E-state index in [1.807, 2.05) is 13.1 Å². The Hall–Kier alpha value is -1.09. The van der Waals surface area contributed by atoms with Crippen LogP contribution in [0, 0.1) is 0 Å². The van der Waals surface area contributed by atoms with Crippen molar-refractivity contribution in [2.45, 2.75) is 27.3 Å². The first kappa shape index (κ1) is 21.9. The van der Waals surface area contributed by atoms with Crippen LogP contribution in [0.3, 0.4) is 0 Å². The average molecular weight is 435 g/mol. The molecular formula is C16H30IN5O. The topological polar surface area (TPSA) is 61.8 Å². The molecule has 132 valence electrons. The van der Waals surface area contributed by atoms with E-state index in [0.29, 0.717) is 13.2 Å². The lowest BCUT2D eigenvalue weighted by Gasteiger charge is -2.19. The first-order valence-corrected chi connectivity index (χ1v) is 7.96. The number of halogens is 1. The number of methoxy groups -OCH3 is 1. The Balaban J connectivity index is 0.00000484. The molecule has 0 bridgehead atoms. The fraction of sp³-hybridized carbons (Fsp3) is 0.625. The minimum Gasteiger partial charge on any atom is -0.383 e. The highest BCUT2D eigenvalue weighted by atomic mass is 127. The Labute approximate surface area is 157 Å². The third-order valence-corrected chi connectivity index (χ3v) is 3.26. The quantitative estimate of drug-likeness (QED) is 0.270. The summed E-state index contributed by atoms with van der Waals surface area (Å²) < 4.78 is 5.03. The van der Waals surface area contributed by atoms with Crippen LogP contribution in [0.1, 0.15) is 26.3 Å². The van der Waals surface area contributed by atoms with Gasteiger partial charge in [0.2, 0.25) is 0 Å². The molecule has 0 unspecified atom stereocenters. The van der Waals surface area contributed by atoms with Gasteiger partial charge in [-0.05, 0) is 32.4 Å². The van der Waals surface area contributed by atoms with Crippen molar-refractivity contribution in [2.24, 2.45) is 4.99 Å². The van der Waals surface area contributed by atoms with Crippen LogP contribution in [0.25, 0.3) is 0 Å². The van der Waals surface area contributed by atoms with Gasteiger partial charge in [-0.1, -0.05) is 6.07 Å². The molecule has 0 saturated heterocycles. The molecule has 0 radical (unpaired) electrons. The number of ether oxygens (including phenoxy) is 1. The molecule has 2 N–H and O–H groups in total. The second-order valence-corrected chi connectivity index (χ2v) is 4.81. The molecule has 0 amide bonds. The molecule has 0 aliphatic heterocycles. The lowest BCUT2D eigenvalue weighted by molar-refractivity contribution is 0.203. The highest BCUT2D eigenvalue weighted by molar-refractivity contribution is 14.0. The third-order valence-electron chi connectivity index (χ3n) is 3.26. The van der Waals surface area contributed by atoms with Crippen LogP contribution in [-0.4, -0.2) is 50.8 Å². The van der Waals surface area contributed by atoms with Gasteiger partial charge in [-0.2, -0.15) is 0 Å². The molecule has 6 nitrogen and oxygen atoms in total. The first-order valence-electron chi connectivity index (χ1n) is 7.96. The van der Waals surface area contributed by atoms with Gasteiger partial charge in [-0.3, -0.25) is 0 Å². The Morgan fingerprint density at radius 1 is 1.22 bits per heavy atom. The lowest BCUT2D eigenvalue weighted by Crippen LogP contribution is -2.38. The van der Waals surface area contributed by atoms with Crippen molar-refractivity contribution in [3.05, 3.63) is 23.9 Å². The number of aliphatic imine (C=N–C) groups is 1. The molecule has 0 aliphatic carbocycles. The fourth-order valence-corrected chi connectivity index (χ4v) is 2.03. The van der Waals surface area contributed by atoms with E-state index in [4.69, 9.17) is 4.74 Å². The van der Waals surface area contributed by atoms with E-state index in [-0.39, 0.29) is 24.0 Å². The van der Waals surface area contributed by atoms with Crippen molar-refractivity contribution in [2.75, 3.05) is 44.8 Å². The summed E-state index contributed by atoms with van der Waals surface area (Å²) in [5.74, 6) is 1.82. The fourth-order valence-electron chi connectivity index (χ4n) is 2.03. The number of hydrogen-bond acceptors (Lipinski definition) is 4. The third kappa shape index (κ3) is 8.36. The molecule has 1 aromatic heterocycles. The van der Waals surface area contributed by atoms with Crippen molar-refractivity contribution < 1.29 is 4.74 Å². The molecular weight excluding hydrogens is 405 g/mol. The Kier molecular flexibility index (Phi) is 12.7. The number of nitrogens with one attached hydrogen (secondary N) is 2. The van der Waals surface area contributed by atoms with Crippen molar-refractivity contribution in [3.8, 4) is 0 Å². The van der Waals surface area contributed by atoms with E-state index in [0.717, 1.165) is 43.5 Å². The summed E-state index contributed by atoms with van der Waals surface area (Å²) in [6.07, 6.45) is 1.90. The van der Waals surface area contributed by atoms with Crippen LogP contribution < -0.4 is 15.5 Å². The minimum absolute atomic E-state index is 0. The molecule has 0 spiro atoms. The molecule has 0 aromatic carbocycles. The van der Waals surface area contributed by atoms with Crippen molar-refractivity contribution in [3.63, 3.8) is 0 Å². The minimum atomic E-state index is 0. The van der Waals surface area contributed by atoms with Crippen LogP contribution in [-0.2, 0) is 11.3 Å². The molecule has 0 saturated carbocycles. The SMILES string of the molecule is CCNC(=NCc1ccc(N(CC)CC)nc1)NCCOC.I. The van der Waals surface area contributed by atoms with Crippen LogP contribution in [0.2, 0.25) is 0 Å². The normalized spacial score (nSPS) is 10.9. The largest absolute Gasteiger partial charge is 0.383 e. The van der Waals surface area contributed by atoms with Gasteiger partial charge in [0.1, 0.15) is 5.82 Å². The van der Waals surface area contributed by atoms with Crippen molar-refractivity contribution in [1.82, 2.24) is 15.6 Å². The number of hydrogen-bond donors (Lipinski definition) is 2.